The molecule has 1 amide bonds. The standard InChI is InChI=1S/C23H30N2O3S/c1-16-10-12-21(13-18(16)3)25-29(27,28)22-14-20(11-9-17(22)2)23(26)24-15-19-7-5-4-6-8-19/h9-14,19,25H,4-8,15H2,1-3H3,(H,24,26). The molecule has 0 aliphatic heterocycles. The molecule has 2 N–H and O–H groups in total. The number of rotatable bonds is 6. The number of amides is 1. The maximum absolute atomic E-state index is 13.0. The average molecular weight is 415 g/mol. The van der Waals surface area contributed by atoms with Crippen LogP contribution in [0.2, 0.25) is 0 Å². The summed E-state index contributed by atoms with van der Waals surface area (Å²) in [6.07, 6.45) is 6.01. The molecule has 0 radical (unpaired) electrons. The Hall–Kier alpha value is -2.34. The zero-order chi connectivity index (χ0) is 21.0. The molecule has 29 heavy (non-hydrogen) atoms. The van der Waals surface area contributed by atoms with Gasteiger partial charge in [0, 0.05) is 17.8 Å². The molecule has 2 aromatic rings. The van der Waals surface area contributed by atoms with Gasteiger partial charge in [0.25, 0.3) is 15.9 Å². The van der Waals surface area contributed by atoms with Crippen LogP contribution < -0.4 is 10.0 Å². The first-order valence-corrected chi connectivity index (χ1v) is 11.7. The summed E-state index contributed by atoms with van der Waals surface area (Å²) in [5.41, 5.74) is 3.59. The first kappa shape index (κ1) is 21.4. The number of sulfonamides is 1. The summed E-state index contributed by atoms with van der Waals surface area (Å²) < 4.78 is 28.5. The molecule has 0 heterocycles. The average Bonchev–Trinajstić information content (AvgIpc) is 2.69. The minimum Gasteiger partial charge on any atom is -0.352 e. The summed E-state index contributed by atoms with van der Waals surface area (Å²) in [7, 11) is -3.80. The summed E-state index contributed by atoms with van der Waals surface area (Å²) in [6, 6.07) is 10.3. The van der Waals surface area contributed by atoms with E-state index < -0.39 is 10.0 Å². The van der Waals surface area contributed by atoms with Gasteiger partial charge in [-0.3, -0.25) is 9.52 Å². The smallest absolute Gasteiger partial charge is 0.262 e. The van der Waals surface area contributed by atoms with Crippen LogP contribution in [0, 0.1) is 26.7 Å². The van der Waals surface area contributed by atoms with Crippen molar-refractivity contribution < 1.29 is 13.2 Å². The predicted molar refractivity (Wildman–Crippen MR) is 117 cm³/mol. The SMILES string of the molecule is Cc1ccc(NS(=O)(=O)c2cc(C(=O)NCC3CCCCC3)ccc2C)cc1C. The summed E-state index contributed by atoms with van der Waals surface area (Å²) in [5.74, 6) is 0.297. The van der Waals surface area contributed by atoms with Crippen LogP contribution in [0.25, 0.3) is 0 Å². The Labute approximate surface area is 174 Å². The Bertz CT molecular complexity index is 993. The molecule has 5 nitrogen and oxygen atoms in total. The molecule has 0 spiro atoms. The predicted octanol–water partition coefficient (Wildman–Crippen LogP) is 4.72. The van der Waals surface area contributed by atoms with E-state index in [1.54, 1.807) is 25.1 Å². The van der Waals surface area contributed by atoms with Crippen molar-refractivity contribution in [3.05, 3.63) is 58.7 Å². The van der Waals surface area contributed by atoms with Crippen molar-refractivity contribution in [2.75, 3.05) is 11.3 Å². The number of nitrogens with one attached hydrogen (secondary N) is 2. The van der Waals surface area contributed by atoms with Gasteiger partial charge >= 0.3 is 0 Å². The molecule has 0 bridgehead atoms. The van der Waals surface area contributed by atoms with E-state index in [1.165, 1.54) is 25.3 Å². The largest absolute Gasteiger partial charge is 0.352 e. The van der Waals surface area contributed by atoms with Gasteiger partial charge in [0.2, 0.25) is 0 Å². The van der Waals surface area contributed by atoms with E-state index in [9.17, 15) is 13.2 Å². The molecule has 1 aliphatic rings. The van der Waals surface area contributed by atoms with Crippen LogP contribution in [0.4, 0.5) is 5.69 Å². The number of carbonyl (C=O) groups excluding carboxylic acids is 1. The first-order valence-electron chi connectivity index (χ1n) is 10.3. The highest BCUT2D eigenvalue weighted by atomic mass is 32.2. The Morgan fingerprint density at radius 2 is 1.62 bits per heavy atom. The van der Waals surface area contributed by atoms with Crippen molar-refractivity contribution in [3.63, 3.8) is 0 Å². The van der Waals surface area contributed by atoms with Gasteiger partial charge in [-0.05, 0) is 80.5 Å². The van der Waals surface area contributed by atoms with Crippen molar-refractivity contribution in [2.24, 2.45) is 5.92 Å². The van der Waals surface area contributed by atoms with Crippen LogP contribution in [-0.2, 0) is 10.0 Å². The number of hydrogen-bond acceptors (Lipinski definition) is 3. The lowest BCUT2D eigenvalue weighted by atomic mass is 9.89. The number of benzene rings is 2. The third-order valence-electron chi connectivity index (χ3n) is 5.78. The van der Waals surface area contributed by atoms with Crippen LogP contribution in [0.5, 0.6) is 0 Å². The van der Waals surface area contributed by atoms with E-state index in [1.807, 2.05) is 26.0 Å². The summed E-state index contributed by atoms with van der Waals surface area (Å²) in [4.78, 5) is 12.7. The second-order valence-electron chi connectivity index (χ2n) is 8.10. The summed E-state index contributed by atoms with van der Waals surface area (Å²) >= 11 is 0. The lowest BCUT2D eigenvalue weighted by molar-refractivity contribution is 0.0943. The van der Waals surface area contributed by atoms with Crippen molar-refractivity contribution in [1.82, 2.24) is 5.32 Å². The van der Waals surface area contributed by atoms with Crippen LogP contribution in [0.1, 0.15) is 59.2 Å². The first-order chi connectivity index (χ1) is 13.8. The molecular formula is C23H30N2O3S. The second kappa shape index (κ2) is 8.99. The molecular weight excluding hydrogens is 384 g/mol. The van der Waals surface area contributed by atoms with Crippen LogP contribution >= 0.6 is 0 Å². The second-order valence-corrected chi connectivity index (χ2v) is 9.75. The fraction of sp³-hybridized carbons (Fsp3) is 0.435. The molecule has 2 aromatic carbocycles. The maximum Gasteiger partial charge on any atom is 0.262 e. The molecule has 0 unspecified atom stereocenters. The van der Waals surface area contributed by atoms with E-state index >= 15 is 0 Å². The lowest BCUT2D eigenvalue weighted by Gasteiger charge is -2.21. The molecule has 3 rings (SSSR count). The molecule has 1 aliphatic carbocycles. The highest BCUT2D eigenvalue weighted by molar-refractivity contribution is 7.92. The normalized spacial score (nSPS) is 15.1. The number of anilines is 1. The number of carbonyl (C=O) groups is 1. The van der Waals surface area contributed by atoms with E-state index in [-0.39, 0.29) is 10.8 Å². The summed E-state index contributed by atoms with van der Waals surface area (Å²) in [6.45, 7) is 6.30. The number of hydrogen-bond donors (Lipinski definition) is 2. The van der Waals surface area contributed by atoms with E-state index in [4.69, 9.17) is 0 Å². The minimum atomic E-state index is -3.80. The topological polar surface area (TPSA) is 75.3 Å². The van der Waals surface area contributed by atoms with Crippen LogP contribution in [0.3, 0.4) is 0 Å². The van der Waals surface area contributed by atoms with Gasteiger partial charge in [-0.15, -0.1) is 0 Å². The van der Waals surface area contributed by atoms with Crippen molar-refractivity contribution in [3.8, 4) is 0 Å². The Morgan fingerprint density at radius 1 is 0.931 bits per heavy atom. The Kier molecular flexibility index (Phi) is 6.63. The zero-order valence-corrected chi connectivity index (χ0v) is 18.2. The highest BCUT2D eigenvalue weighted by Crippen LogP contribution is 2.24. The third-order valence-corrected chi connectivity index (χ3v) is 7.30. The maximum atomic E-state index is 13.0. The van der Waals surface area contributed by atoms with Gasteiger partial charge in [-0.25, -0.2) is 8.42 Å². The van der Waals surface area contributed by atoms with Crippen molar-refractivity contribution in [1.29, 1.82) is 0 Å². The van der Waals surface area contributed by atoms with Crippen LogP contribution in [0.15, 0.2) is 41.3 Å². The van der Waals surface area contributed by atoms with Gasteiger partial charge in [-0.1, -0.05) is 31.4 Å². The van der Waals surface area contributed by atoms with Gasteiger partial charge in [0.1, 0.15) is 0 Å². The minimum absolute atomic E-state index is 0.126. The number of aryl methyl sites for hydroxylation is 3. The van der Waals surface area contributed by atoms with Gasteiger partial charge in [0.05, 0.1) is 4.90 Å². The lowest BCUT2D eigenvalue weighted by Crippen LogP contribution is -2.30. The molecule has 0 atom stereocenters. The van der Waals surface area contributed by atoms with E-state index in [0.717, 1.165) is 24.0 Å². The van der Waals surface area contributed by atoms with E-state index in [0.29, 0.717) is 29.3 Å². The van der Waals surface area contributed by atoms with E-state index in [2.05, 4.69) is 10.0 Å². The Morgan fingerprint density at radius 3 is 2.31 bits per heavy atom. The molecule has 0 saturated heterocycles. The fourth-order valence-corrected chi connectivity index (χ4v) is 5.10. The van der Waals surface area contributed by atoms with Crippen LogP contribution in [-0.4, -0.2) is 20.9 Å². The molecule has 1 saturated carbocycles. The summed E-state index contributed by atoms with van der Waals surface area (Å²) in [5, 5.41) is 2.98. The van der Waals surface area contributed by atoms with Gasteiger partial charge < -0.3 is 5.32 Å². The zero-order valence-electron chi connectivity index (χ0n) is 17.4. The molecule has 1 fully saturated rings. The quantitative estimate of drug-likeness (QED) is 0.718. The Balaban J connectivity index is 1.76. The molecule has 156 valence electrons. The molecule has 0 aromatic heterocycles. The van der Waals surface area contributed by atoms with Gasteiger partial charge in [0.15, 0.2) is 0 Å². The highest BCUT2D eigenvalue weighted by Gasteiger charge is 2.20. The van der Waals surface area contributed by atoms with Crippen molar-refractivity contribution in [2.45, 2.75) is 57.8 Å². The van der Waals surface area contributed by atoms with Crippen molar-refractivity contribution >= 4 is 21.6 Å². The monoisotopic (exact) mass is 414 g/mol. The third kappa shape index (κ3) is 5.38. The fourth-order valence-electron chi connectivity index (χ4n) is 3.78. The van der Waals surface area contributed by atoms with Gasteiger partial charge in [-0.2, -0.15) is 0 Å². The molecule has 6 heteroatoms.